The van der Waals surface area contributed by atoms with E-state index in [0.717, 1.165) is 34.0 Å². The highest BCUT2D eigenvalue weighted by Gasteiger charge is 2.42. The van der Waals surface area contributed by atoms with E-state index in [0.29, 0.717) is 44.0 Å². The summed E-state index contributed by atoms with van der Waals surface area (Å²) >= 11 is 6.32. The van der Waals surface area contributed by atoms with Gasteiger partial charge in [0.05, 0.1) is 36.8 Å². The maximum Gasteiger partial charge on any atom is 0.269 e. The molecule has 2 heterocycles. The van der Waals surface area contributed by atoms with Crippen molar-refractivity contribution in [3.05, 3.63) is 86.9 Å². The van der Waals surface area contributed by atoms with Gasteiger partial charge in [0.1, 0.15) is 11.5 Å². The van der Waals surface area contributed by atoms with Gasteiger partial charge >= 0.3 is 0 Å². The van der Waals surface area contributed by atoms with Crippen LogP contribution in [0.25, 0.3) is 0 Å². The fourth-order valence-electron chi connectivity index (χ4n) is 5.61. The monoisotopic (exact) mass is 550 g/mol. The third-order valence-corrected chi connectivity index (χ3v) is 7.83. The molecule has 3 aromatic carbocycles. The Labute approximate surface area is 232 Å². The predicted octanol–water partition coefficient (Wildman–Crippen LogP) is 4.49. The van der Waals surface area contributed by atoms with E-state index < -0.39 is 0 Å². The normalized spacial score (nSPS) is 18.1. The van der Waals surface area contributed by atoms with Crippen molar-refractivity contribution in [3.8, 4) is 11.5 Å². The number of methoxy groups -OCH3 is 2. The number of hydrogen-bond acceptors (Lipinski definition) is 7. The molecule has 0 aliphatic carbocycles. The fraction of sp³-hybridized carbons (Fsp3) is 0.345. The number of ether oxygens (including phenoxy) is 2. The summed E-state index contributed by atoms with van der Waals surface area (Å²) in [5.74, 6) is 1.06. The third kappa shape index (κ3) is 5.59. The first-order valence-corrected chi connectivity index (χ1v) is 13.3. The van der Waals surface area contributed by atoms with Gasteiger partial charge in [0.25, 0.3) is 5.69 Å². The number of amides is 1. The number of piperazine rings is 1. The van der Waals surface area contributed by atoms with Gasteiger partial charge in [0, 0.05) is 49.0 Å². The zero-order valence-corrected chi connectivity index (χ0v) is 22.7. The molecule has 0 spiro atoms. The molecule has 0 radical (unpaired) electrons. The van der Waals surface area contributed by atoms with Crippen molar-refractivity contribution in [1.29, 1.82) is 0 Å². The molecule has 39 heavy (non-hydrogen) atoms. The van der Waals surface area contributed by atoms with Crippen LogP contribution in [0.3, 0.4) is 0 Å². The van der Waals surface area contributed by atoms with Crippen LogP contribution in [0.4, 0.5) is 17.1 Å². The SMILES string of the molecule is COc1ccc(CCNC(=O)[C@H]2Cc3cc([N+](=O)[O-])ccc3N3CCN(c4cc(Cl)ccc4OC)C[C@@H]23)cc1. The summed E-state index contributed by atoms with van der Waals surface area (Å²) in [6, 6.07) is 18.1. The van der Waals surface area contributed by atoms with E-state index in [-0.39, 0.29) is 28.5 Å². The van der Waals surface area contributed by atoms with E-state index in [1.54, 1.807) is 26.4 Å². The minimum absolute atomic E-state index is 0.0353. The molecule has 1 fully saturated rings. The van der Waals surface area contributed by atoms with Gasteiger partial charge in [-0.25, -0.2) is 0 Å². The number of nitrogens with zero attached hydrogens (tertiary/aromatic N) is 3. The quantitative estimate of drug-likeness (QED) is 0.326. The Morgan fingerprint density at radius 2 is 1.85 bits per heavy atom. The summed E-state index contributed by atoms with van der Waals surface area (Å²) in [5, 5.41) is 15.2. The van der Waals surface area contributed by atoms with Crippen LogP contribution in [-0.4, -0.2) is 57.3 Å². The summed E-state index contributed by atoms with van der Waals surface area (Å²) in [4.78, 5) is 29.1. The topological polar surface area (TPSA) is 97.2 Å². The standard InChI is InChI=1S/C29H31ClN4O5/c1-38-23-7-3-19(4-8-23)11-12-31-29(35)24-16-20-15-22(34(36)37)6-9-25(20)33-14-13-32(18-27(24)33)26-17-21(30)5-10-28(26)39-2/h3-10,15,17,24,27H,11-14,16,18H2,1-2H3,(H,31,35)/t24-,27-/m0/s1. The van der Waals surface area contributed by atoms with Crippen molar-refractivity contribution >= 4 is 34.6 Å². The van der Waals surface area contributed by atoms with Crippen molar-refractivity contribution in [2.24, 2.45) is 5.92 Å². The van der Waals surface area contributed by atoms with Gasteiger partial charge in [0.15, 0.2) is 0 Å². The molecule has 0 unspecified atom stereocenters. The number of benzene rings is 3. The van der Waals surface area contributed by atoms with Crippen LogP contribution in [0, 0.1) is 16.0 Å². The molecule has 10 heteroatoms. The fourth-order valence-corrected chi connectivity index (χ4v) is 5.77. The predicted molar refractivity (Wildman–Crippen MR) is 151 cm³/mol. The Balaban J connectivity index is 1.39. The largest absolute Gasteiger partial charge is 0.497 e. The van der Waals surface area contributed by atoms with E-state index in [1.165, 1.54) is 6.07 Å². The Morgan fingerprint density at radius 1 is 1.05 bits per heavy atom. The van der Waals surface area contributed by atoms with E-state index >= 15 is 0 Å². The number of carbonyl (C=O) groups is 1. The lowest BCUT2D eigenvalue weighted by atomic mass is 9.83. The van der Waals surface area contributed by atoms with E-state index in [1.807, 2.05) is 42.5 Å². The van der Waals surface area contributed by atoms with Gasteiger partial charge in [-0.2, -0.15) is 0 Å². The Morgan fingerprint density at radius 3 is 2.56 bits per heavy atom. The second-order valence-corrected chi connectivity index (χ2v) is 10.2. The second kappa shape index (κ2) is 11.4. The number of fused-ring (bicyclic) bond motifs is 3. The highest BCUT2D eigenvalue weighted by atomic mass is 35.5. The molecule has 0 saturated carbocycles. The van der Waals surface area contributed by atoms with Gasteiger partial charge in [-0.05, 0) is 60.4 Å². The van der Waals surface area contributed by atoms with Crippen LogP contribution < -0.4 is 24.6 Å². The molecular formula is C29H31ClN4O5. The molecule has 204 valence electrons. The van der Waals surface area contributed by atoms with Gasteiger partial charge < -0.3 is 24.6 Å². The van der Waals surface area contributed by atoms with E-state index in [9.17, 15) is 14.9 Å². The molecule has 9 nitrogen and oxygen atoms in total. The van der Waals surface area contributed by atoms with Crippen molar-refractivity contribution in [2.45, 2.75) is 18.9 Å². The Kier molecular flexibility index (Phi) is 7.79. The number of anilines is 2. The number of nitrogens with one attached hydrogen (secondary N) is 1. The minimum atomic E-state index is -0.389. The van der Waals surface area contributed by atoms with E-state index in [4.69, 9.17) is 21.1 Å². The summed E-state index contributed by atoms with van der Waals surface area (Å²) in [7, 11) is 3.26. The summed E-state index contributed by atoms with van der Waals surface area (Å²) < 4.78 is 10.8. The maximum absolute atomic E-state index is 13.6. The number of halogens is 1. The molecule has 0 bridgehead atoms. The average Bonchev–Trinajstić information content (AvgIpc) is 2.96. The molecule has 2 aliphatic rings. The minimum Gasteiger partial charge on any atom is -0.497 e. The number of carbonyl (C=O) groups excluding carboxylic acids is 1. The Bertz CT molecular complexity index is 1370. The molecule has 2 aliphatic heterocycles. The van der Waals surface area contributed by atoms with Gasteiger partial charge in [-0.1, -0.05) is 23.7 Å². The van der Waals surface area contributed by atoms with Crippen LogP contribution in [0.5, 0.6) is 11.5 Å². The molecular weight excluding hydrogens is 520 g/mol. The first-order chi connectivity index (χ1) is 18.9. The lowest BCUT2D eigenvalue weighted by molar-refractivity contribution is -0.384. The maximum atomic E-state index is 13.6. The van der Waals surface area contributed by atoms with Crippen LogP contribution >= 0.6 is 11.6 Å². The molecule has 1 N–H and O–H groups in total. The first-order valence-electron chi connectivity index (χ1n) is 12.9. The van der Waals surface area contributed by atoms with Crippen molar-refractivity contribution in [2.75, 3.05) is 50.2 Å². The molecule has 1 saturated heterocycles. The molecule has 3 aromatic rings. The molecule has 5 rings (SSSR count). The molecule has 0 aromatic heterocycles. The number of non-ortho nitro benzene ring substituents is 1. The zero-order chi connectivity index (χ0) is 27.5. The van der Waals surface area contributed by atoms with Crippen LogP contribution in [0.1, 0.15) is 11.1 Å². The zero-order valence-electron chi connectivity index (χ0n) is 21.9. The second-order valence-electron chi connectivity index (χ2n) is 9.79. The Hall–Kier alpha value is -3.98. The van der Waals surface area contributed by atoms with Crippen LogP contribution in [-0.2, 0) is 17.6 Å². The molecule has 1 amide bonds. The third-order valence-electron chi connectivity index (χ3n) is 7.60. The number of nitro benzene ring substituents is 1. The number of hydrogen-bond donors (Lipinski definition) is 1. The lowest BCUT2D eigenvalue weighted by Gasteiger charge is -2.49. The highest BCUT2D eigenvalue weighted by Crippen LogP contribution is 2.40. The smallest absolute Gasteiger partial charge is 0.269 e. The summed E-state index contributed by atoms with van der Waals surface area (Å²) in [6.07, 6.45) is 1.11. The highest BCUT2D eigenvalue weighted by molar-refractivity contribution is 6.31. The number of rotatable bonds is 8. The van der Waals surface area contributed by atoms with Gasteiger partial charge in [-0.3, -0.25) is 14.9 Å². The van der Waals surface area contributed by atoms with Gasteiger partial charge in [-0.15, -0.1) is 0 Å². The molecule has 2 atom stereocenters. The van der Waals surface area contributed by atoms with Crippen molar-refractivity contribution < 1.29 is 19.2 Å². The van der Waals surface area contributed by atoms with Gasteiger partial charge in [0.2, 0.25) is 5.91 Å². The lowest BCUT2D eigenvalue weighted by Crippen LogP contribution is -2.61. The van der Waals surface area contributed by atoms with E-state index in [2.05, 4.69) is 15.1 Å². The summed E-state index contributed by atoms with van der Waals surface area (Å²) in [6.45, 7) is 2.42. The number of nitro groups is 1. The first kappa shape index (κ1) is 26.6. The van der Waals surface area contributed by atoms with Crippen molar-refractivity contribution in [3.63, 3.8) is 0 Å². The van der Waals surface area contributed by atoms with Crippen LogP contribution in [0.2, 0.25) is 5.02 Å². The van der Waals surface area contributed by atoms with Crippen LogP contribution in [0.15, 0.2) is 60.7 Å². The average molecular weight is 551 g/mol. The summed E-state index contributed by atoms with van der Waals surface area (Å²) in [5.41, 5.74) is 3.79. The van der Waals surface area contributed by atoms with Crippen molar-refractivity contribution in [1.82, 2.24) is 5.32 Å².